The predicted octanol–water partition coefficient (Wildman–Crippen LogP) is 2.91. The van der Waals surface area contributed by atoms with Crippen LogP contribution in [-0.4, -0.2) is 18.5 Å². The number of rotatable bonds is 2. The summed E-state index contributed by atoms with van der Waals surface area (Å²) in [6, 6.07) is 3.62. The van der Waals surface area contributed by atoms with E-state index in [1.54, 1.807) is 6.07 Å². The van der Waals surface area contributed by atoms with Gasteiger partial charge in [0, 0.05) is 0 Å². The fraction of sp³-hybridized carbons (Fsp3) is 0.385. The first-order valence-corrected chi connectivity index (χ1v) is 6.65. The molecule has 4 nitrogen and oxygen atoms in total. The topological polar surface area (TPSA) is 47.9 Å². The number of allylic oxidation sites excluding steroid dienone is 1. The quantitative estimate of drug-likeness (QED) is 0.912. The Kier molecular flexibility index (Phi) is 3.18. The summed E-state index contributed by atoms with van der Waals surface area (Å²) in [6.07, 6.45) is 3.13. The van der Waals surface area contributed by atoms with Gasteiger partial charge in [0.25, 0.3) is 0 Å². The summed E-state index contributed by atoms with van der Waals surface area (Å²) < 4.78 is 16.9. The van der Waals surface area contributed by atoms with Crippen molar-refractivity contribution < 1.29 is 19.3 Å². The van der Waals surface area contributed by atoms with Crippen molar-refractivity contribution in [1.82, 2.24) is 0 Å². The molecule has 0 spiro atoms. The van der Waals surface area contributed by atoms with Gasteiger partial charge in [0.2, 0.25) is 6.79 Å². The van der Waals surface area contributed by atoms with Crippen molar-refractivity contribution in [1.29, 1.82) is 0 Å². The van der Waals surface area contributed by atoms with Gasteiger partial charge in [0.1, 0.15) is 11.9 Å². The molecule has 96 valence electrons. The van der Waals surface area contributed by atoms with Crippen LogP contribution in [0.5, 0.6) is 11.5 Å². The third kappa shape index (κ3) is 2.08. The molecule has 1 aromatic carbocycles. The van der Waals surface area contributed by atoms with E-state index in [1.165, 1.54) is 0 Å². The van der Waals surface area contributed by atoms with Gasteiger partial charge in [0.05, 0.1) is 11.1 Å². The average Bonchev–Trinajstić information content (AvgIpc) is 2.88. The second kappa shape index (κ2) is 4.82. The molecule has 5 heteroatoms. The summed E-state index contributed by atoms with van der Waals surface area (Å²) in [6.45, 7) is 0.876. The number of hydrogen-bond donors (Lipinski definition) is 1. The average molecular weight is 313 g/mol. The third-order valence-corrected chi connectivity index (χ3v) is 3.59. The first-order chi connectivity index (χ1) is 8.75. The van der Waals surface area contributed by atoms with Crippen LogP contribution in [0.3, 0.4) is 0 Å². The molecule has 18 heavy (non-hydrogen) atoms. The third-order valence-electron chi connectivity index (χ3n) is 3.00. The molecule has 0 aliphatic carbocycles. The second-order valence-corrected chi connectivity index (χ2v) is 5.09. The second-order valence-electron chi connectivity index (χ2n) is 4.24. The molecule has 2 heterocycles. The zero-order valence-corrected chi connectivity index (χ0v) is 11.3. The van der Waals surface area contributed by atoms with E-state index in [9.17, 15) is 5.11 Å². The van der Waals surface area contributed by atoms with E-state index in [0.29, 0.717) is 23.9 Å². The summed E-state index contributed by atoms with van der Waals surface area (Å²) in [5, 5.41) is 10.3. The molecule has 0 radical (unpaired) electrons. The molecule has 1 unspecified atom stereocenters. The van der Waals surface area contributed by atoms with Crippen LogP contribution in [0, 0.1) is 0 Å². The van der Waals surface area contributed by atoms with Crippen LogP contribution in [0.4, 0.5) is 0 Å². The first kappa shape index (κ1) is 11.9. The molecule has 2 aliphatic rings. The minimum atomic E-state index is -0.754. The van der Waals surface area contributed by atoms with E-state index in [0.717, 1.165) is 22.9 Å². The number of aliphatic hydroxyl groups excluding tert-OH is 1. The highest BCUT2D eigenvalue weighted by Crippen LogP contribution is 2.42. The molecular formula is C13H13BrO4. The largest absolute Gasteiger partial charge is 0.495 e. The van der Waals surface area contributed by atoms with Crippen molar-refractivity contribution in [3.63, 3.8) is 0 Å². The van der Waals surface area contributed by atoms with Crippen LogP contribution in [-0.2, 0) is 4.74 Å². The van der Waals surface area contributed by atoms with Crippen molar-refractivity contribution in [3.05, 3.63) is 34.0 Å². The molecular weight excluding hydrogens is 300 g/mol. The molecule has 3 rings (SSSR count). The Morgan fingerprint density at radius 1 is 1.22 bits per heavy atom. The number of ether oxygens (including phenoxy) is 3. The fourth-order valence-corrected chi connectivity index (χ4v) is 2.65. The van der Waals surface area contributed by atoms with Gasteiger partial charge in [0.15, 0.2) is 11.5 Å². The summed E-state index contributed by atoms with van der Waals surface area (Å²) in [7, 11) is 0. The SMILES string of the molecule is OC(C1=CCCCO1)c1cc(Br)c2c(c1)OCO2. The number of aliphatic hydroxyl groups is 1. The van der Waals surface area contributed by atoms with E-state index in [4.69, 9.17) is 14.2 Å². The lowest BCUT2D eigenvalue weighted by Gasteiger charge is -2.20. The molecule has 0 fully saturated rings. The maximum absolute atomic E-state index is 10.3. The standard InChI is InChI=1S/C13H13BrO4/c14-9-5-8(6-11-13(9)18-7-17-11)12(15)10-3-1-2-4-16-10/h3,5-6,12,15H,1-2,4,7H2. The Morgan fingerprint density at radius 2 is 2.11 bits per heavy atom. The Labute approximate surface area is 113 Å². The number of hydrogen-bond acceptors (Lipinski definition) is 4. The number of fused-ring (bicyclic) bond motifs is 1. The maximum Gasteiger partial charge on any atom is 0.231 e. The van der Waals surface area contributed by atoms with Crippen molar-refractivity contribution in [2.45, 2.75) is 18.9 Å². The molecule has 0 bridgehead atoms. The van der Waals surface area contributed by atoms with Crippen LogP contribution >= 0.6 is 15.9 Å². The van der Waals surface area contributed by atoms with E-state index in [1.807, 2.05) is 12.1 Å². The normalized spacial score (nSPS) is 19.1. The van der Waals surface area contributed by atoms with Crippen LogP contribution in [0.1, 0.15) is 24.5 Å². The predicted molar refractivity (Wildman–Crippen MR) is 68.5 cm³/mol. The lowest BCUT2D eigenvalue weighted by molar-refractivity contribution is 0.0916. The Bertz CT molecular complexity index is 498. The first-order valence-electron chi connectivity index (χ1n) is 5.85. The molecule has 1 aromatic rings. The zero-order valence-electron chi connectivity index (χ0n) is 9.69. The van der Waals surface area contributed by atoms with Crippen LogP contribution in [0.2, 0.25) is 0 Å². The smallest absolute Gasteiger partial charge is 0.231 e. The van der Waals surface area contributed by atoms with E-state index >= 15 is 0 Å². The van der Waals surface area contributed by atoms with Crippen molar-refractivity contribution in [2.75, 3.05) is 13.4 Å². The Hall–Kier alpha value is -1.20. The van der Waals surface area contributed by atoms with Crippen LogP contribution in [0.25, 0.3) is 0 Å². The minimum absolute atomic E-state index is 0.215. The minimum Gasteiger partial charge on any atom is -0.495 e. The van der Waals surface area contributed by atoms with E-state index in [-0.39, 0.29) is 6.79 Å². The van der Waals surface area contributed by atoms with Gasteiger partial charge in [-0.1, -0.05) is 0 Å². The van der Waals surface area contributed by atoms with Gasteiger partial charge in [-0.3, -0.25) is 0 Å². The highest BCUT2D eigenvalue weighted by Gasteiger charge is 2.23. The van der Waals surface area contributed by atoms with Gasteiger partial charge in [-0.15, -0.1) is 0 Å². The lowest BCUT2D eigenvalue weighted by atomic mass is 10.0. The van der Waals surface area contributed by atoms with Gasteiger partial charge >= 0.3 is 0 Å². The van der Waals surface area contributed by atoms with Crippen molar-refractivity contribution in [3.8, 4) is 11.5 Å². The number of benzene rings is 1. The van der Waals surface area contributed by atoms with Crippen molar-refractivity contribution >= 4 is 15.9 Å². The highest BCUT2D eigenvalue weighted by molar-refractivity contribution is 9.10. The van der Waals surface area contributed by atoms with E-state index in [2.05, 4.69) is 15.9 Å². The van der Waals surface area contributed by atoms with Crippen molar-refractivity contribution in [2.24, 2.45) is 0 Å². The van der Waals surface area contributed by atoms with Crippen LogP contribution in [0.15, 0.2) is 28.4 Å². The molecule has 1 N–H and O–H groups in total. The molecule has 0 saturated carbocycles. The molecule has 0 amide bonds. The van der Waals surface area contributed by atoms with Gasteiger partial charge in [-0.05, 0) is 52.5 Å². The summed E-state index contributed by atoms with van der Waals surface area (Å²) in [4.78, 5) is 0. The maximum atomic E-state index is 10.3. The number of halogens is 1. The summed E-state index contributed by atoms with van der Waals surface area (Å²) in [5.41, 5.74) is 0.735. The highest BCUT2D eigenvalue weighted by atomic mass is 79.9. The molecule has 0 saturated heterocycles. The lowest BCUT2D eigenvalue weighted by Crippen LogP contribution is -2.09. The molecule has 0 aromatic heterocycles. The van der Waals surface area contributed by atoms with Gasteiger partial charge in [-0.25, -0.2) is 0 Å². The summed E-state index contributed by atoms with van der Waals surface area (Å²) >= 11 is 3.41. The fourth-order valence-electron chi connectivity index (χ4n) is 2.08. The summed E-state index contributed by atoms with van der Waals surface area (Å²) in [5.74, 6) is 1.95. The van der Waals surface area contributed by atoms with Gasteiger partial charge in [-0.2, -0.15) is 0 Å². The Morgan fingerprint density at radius 3 is 2.89 bits per heavy atom. The molecule has 2 aliphatic heterocycles. The molecule has 1 atom stereocenters. The van der Waals surface area contributed by atoms with Crippen LogP contribution < -0.4 is 9.47 Å². The Balaban J connectivity index is 1.92. The van der Waals surface area contributed by atoms with Gasteiger partial charge < -0.3 is 19.3 Å². The van der Waals surface area contributed by atoms with E-state index < -0.39 is 6.10 Å². The monoisotopic (exact) mass is 312 g/mol. The zero-order chi connectivity index (χ0) is 12.5.